The quantitative estimate of drug-likeness (QED) is 0.509. The third kappa shape index (κ3) is 1.83. The van der Waals surface area contributed by atoms with Gasteiger partial charge in [0, 0.05) is 0 Å². The molecule has 1 heterocycles. The van der Waals surface area contributed by atoms with Crippen molar-refractivity contribution in [3.05, 3.63) is 12.2 Å². The summed E-state index contributed by atoms with van der Waals surface area (Å²) in [5.74, 6) is 0. The number of nitrogens with zero attached hydrogens (tertiary/aromatic N) is 2. The maximum Gasteiger partial charge on any atom is 0.0882 e. The number of nitrogens with one attached hydrogen (secondary N) is 1. The predicted molar refractivity (Wildman–Crippen MR) is 40.7 cm³/mol. The van der Waals surface area contributed by atoms with Gasteiger partial charge in [0.1, 0.15) is 0 Å². The molecule has 0 aromatic carbocycles. The van der Waals surface area contributed by atoms with E-state index in [1.54, 1.807) is 0 Å². The molecule has 0 spiro atoms. The van der Waals surface area contributed by atoms with Crippen molar-refractivity contribution in [3.63, 3.8) is 0 Å². The molecule has 0 bridgehead atoms. The minimum Gasteiger partial charge on any atom is -0.282 e. The molecule has 0 aromatic rings. The van der Waals surface area contributed by atoms with E-state index in [1.807, 2.05) is 13.0 Å². The summed E-state index contributed by atoms with van der Waals surface area (Å²) in [6.07, 6.45) is 4.13. The molecule has 1 aliphatic rings. The van der Waals surface area contributed by atoms with E-state index in [4.69, 9.17) is 0 Å². The zero-order valence-electron chi connectivity index (χ0n) is 6.63. The maximum absolute atomic E-state index is 3.95. The van der Waals surface area contributed by atoms with Crippen LogP contribution in [0.15, 0.2) is 22.5 Å². The zero-order chi connectivity index (χ0) is 7.61. The second-order valence-corrected chi connectivity index (χ2v) is 3.15. The van der Waals surface area contributed by atoms with Crippen LogP contribution in [0.1, 0.15) is 20.8 Å². The molecule has 0 radical (unpaired) electrons. The van der Waals surface area contributed by atoms with Crippen LogP contribution in [-0.2, 0) is 0 Å². The summed E-state index contributed by atoms with van der Waals surface area (Å²) in [6.45, 7) is 6.12. The second kappa shape index (κ2) is 2.40. The van der Waals surface area contributed by atoms with Crippen molar-refractivity contribution in [2.45, 2.75) is 32.4 Å². The van der Waals surface area contributed by atoms with Gasteiger partial charge in [-0.3, -0.25) is 5.43 Å². The minimum absolute atomic E-state index is 0.0474. The van der Waals surface area contributed by atoms with E-state index in [0.717, 1.165) is 0 Å². The van der Waals surface area contributed by atoms with Crippen LogP contribution in [0.4, 0.5) is 0 Å². The summed E-state index contributed by atoms with van der Waals surface area (Å²) in [6, 6.07) is 0.203. The van der Waals surface area contributed by atoms with E-state index in [-0.39, 0.29) is 11.6 Å². The highest BCUT2D eigenvalue weighted by Crippen LogP contribution is 2.09. The molecule has 0 amide bonds. The van der Waals surface area contributed by atoms with Crippen molar-refractivity contribution in [1.82, 2.24) is 5.43 Å². The van der Waals surface area contributed by atoms with Crippen molar-refractivity contribution in [2.24, 2.45) is 10.3 Å². The Balaban J connectivity index is 2.72. The van der Waals surface area contributed by atoms with Crippen molar-refractivity contribution in [2.75, 3.05) is 0 Å². The average molecular weight is 139 g/mol. The first kappa shape index (κ1) is 7.25. The fourth-order valence-corrected chi connectivity index (χ4v) is 0.704. The van der Waals surface area contributed by atoms with Crippen molar-refractivity contribution < 1.29 is 0 Å². The highest BCUT2D eigenvalue weighted by atomic mass is 15.4. The fraction of sp³-hybridized carbons (Fsp3) is 0.714. The van der Waals surface area contributed by atoms with Crippen LogP contribution in [0.2, 0.25) is 0 Å². The molecule has 1 unspecified atom stereocenters. The molecule has 0 saturated heterocycles. The van der Waals surface area contributed by atoms with Gasteiger partial charge in [0.2, 0.25) is 0 Å². The molecule has 1 aliphatic heterocycles. The Morgan fingerprint density at radius 2 is 2.20 bits per heavy atom. The molecule has 0 saturated carbocycles. The van der Waals surface area contributed by atoms with Crippen LogP contribution in [0.3, 0.4) is 0 Å². The molecule has 1 rings (SSSR count). The first-order valence-electron chi connectivity index (χ1n) is 3.46. The van der Waals surface area contributed by atoms with Gasteiger partial charge < -0.3 is 0 Å². The van der Waals surface area contributed by atoms with Gasteiger partial charge in [0.05, 0.1) is 11.6 Å². The van der Waals surface area contributed by atoms with Gasteiger partial charge in [-0.15, -0.1) is 0 Å². The molecule has 1 N–H and O–H groups in total. The topological polar surface area (TPSA) is 36.8 Å². The third-order valence-electron chi connectivity index (χ3n) is 1.37. The Morgan fingerprint density at radius 3 is 2.90 bits per heavy atom. The van der Waals surface area contributed by atoms with Crippen molar-refractivity contribution in [3.8, 4) is 0 Å². The largest absolute Gasteiger partial charge is 0.282 e. The molecular weight excluding hydrogens is 126 g/mol. The molecule has 3 nitrogen and oxygen atoms in total. The minimum atomic E-state index is -0.0474. The average Bonchev–Trinajstić information content (AvgIpc) is 1.94. The van der Waals surface area contributed by atoms with Crippen molar-refractivity contribution in [1.29, 1.82) is 0 Å². The second-order valence-electron chi connectivity index (χ2n) is 3.15. The van der Waals surface area contributed by atoms with Gasteiger partial charge in [-0.1, -0.05) is 17.4 Å². The third-order valence-corrected chi connectivity index (χ3v) is 1.37. The van der Waals surface area contributed by atoms with Crippen LogP contribution in [0.25, 0.3) is 0 Å². The van der Waals surface area contributed by atoms with E-state index in [1.165, 1.54) is 0 Å². The van der Waals surface area contributed by atoms with E-state index in [2.05, 4.69) is 35.7 Å². The lowest BCUT2D eigenvalue weighted by Gasteiger charge is -2.16. The van der Waals surface area contributed by atoms with Gasteiger partial charge in [0.25, 0.3) is 0 Å². The fourth-order valence-electron chi connectivity index (χ4n) is 0.704. The first-order valence-corrected chi connectivity index (χ1v) is 3.46. The van der Waals surface area contributed by atoms with Crippen LogP contribution < -0.4 is 5.43 Å². The predicted octanol–water partition coefficient (Wildman–Crippen LogP) is 1.68. The molecule has 0 fully saturated rings. The smallest absolute Gasteiger partial charge is 0.0882 e. The van der Waals surface area contributed by atoms with Gasteiger partial charge in [-0.25, -0.2) is 0 Å². The van der Waals surface area contributed by atoms with Gasteiger partial charge in [-0.2, -0.15) is 5.11 Å². The standard InChI is InChI=1S/C7H13N3/c1-6-4-5-7(2,3)9-10-8-6/h4-6H,1-3H3,(H,8,9). The number of rotatable bonds is 0. The lowest BCUT2D eigenvalue weighted by Crippen LogP contribution is -2.31. The highest BCUT2D eigenvalue weighted by molar-refractivity contribution is 5.05. The number of hydrogen-bond donors (Lipinski definition) is 1. The first-order chi connectivity index (χ1) is 4.60. The molecule has 10 heavy (non-hydrogen) atoms. The Labute approximate surface area is 61.2 Å². The Morgan fingerprint density at radius 1 is 1.50 bits per heavy atom. The normalized spacial score (nSPS) is 29.3. The van der Waals surface area contributed by atoms with E-state index >= 15 is 0 Å². The lowest BCUT2D eigenvalue weighted by atomic mass is 10.1. The van der Waals surface area contributed by atoms with Crippen LogP contribution in [-0.4, -0.2) is 11.6 Å². The maximum atomic E-state index is 3.95. The van der Waals surface area contributed by atoms with Crippen LogP contribution in [0, 0.1) is 0 Å². The molecule has 0 aliphatic carbocycles. The SMILES string of the molecule is CC1C=CC(C)(C)NN=N1. The van der Waals surface area contributed by atoms with E-state index in [9.17, 15) is 0 Å². The lowest BCUT2D eigenvalue weighted by molar-refractivity contribution is 0.478. The summed E-state index contributed by atoms with van der Waals surface area (Å²) in [5.41, 5.74) is 2.88. The van der Waals surface area contributed by atoms with Gasteiger partial charge in [0.15, 0.2) is 0 Å². The highest BCUT2D eigenvalue weighted by Gasteiger charge is 2.14. The molecular formula is C7H13N3. The Hall–Kier alpha value is -0.860. The van der Waals surface area contributed by atoms with Crippen LogP contribution in [0.5, 0.6) is 0 Å². The molecule has 0 aromatic heterocycles. The molecule has 1 atom stereocenters. The Bertz CT molecular complexity index is 170. The van der Waals surface area contributed by atoms with Gasteiger partial charge >= 0.3 is 0 Å². The molecule has 3 heteroatoms. The summed E-state index contributed by atoms with van der Waals surface area (Å²) in [5, 5.41) is 7.76. The van der Waals surface area contributed by atoms with Crippen molar-refractivity contribution >= 4 is 0 Å². The summed E-state index contributed by atoms with van der Waals surface area (Å²) in [4.78, 5) is 0. The van der Waals surface area contributed by atoms with E-state index < -0.39 is 0 Å². The summed E-state index contributed by atoms with van der Waals surface area (Å²) >= 11 is 0. The molecule has 56 valence electrons. The number of hydrogen-bond acceptors (Lipinski definition) is 3. The summed E-state index contributed by atoms with van der Waals surface area (Å²) in [7, 11) is 0. The van der Waals surface area contributed by atoms with E-state index in [0.29, 0.717) is 0 Å². The van der Waals surface area contributed by atoms with Crippen LogP contribution >= 0.6 is 0 Å². The summed E-state index contributed by atoms with van der Waals surface area (Å²) < 4.78 is 0. The zero-order valence-corrected chi connectivity index (χ0v) is 6.63. The van der Waals surface area contributed by atoms with Gasteiger partial charge in [-0.05, 0) is 20.8 Å². The Kier molecular flexibility index (Phi) is 1.74. The monoisotopic (exact) mass is 139 g/mol.